The highest BCUT2D eigenvalue weighted by molar-refractivity contribution is 5.79. The zero-order chi connectivity index (χ0) is 22.6. The lowest BCUT2D eigenvalue weighted by molar-refractivity contribution is 0.0365. The molecule has 1 N–H and O–H groups in total. The summed E-state index contributed by atoms with van der Waals surface area (Å²) in [5.74, 6) is 0. The molecule has 0 saturated carbocycles. The van der Waals surface area contributed by atoms with E-state index in [0.717, 1.165) is 51.4 Å². The molecule has 0 atom stereocenters. The lowest BCUT2D eigenvalue weighted by atomic mass is 10.1. The van der Waals surface area contributed by atoms with E-state index in [1.54, 1.807) is 6.20 Å². The van der Waals surface area contributed by atoms with E-state index in [0.29, 0.717) is 23.1 Å². The van der Waals surface area contributed by atoms with Crippen LogP contribution >= 0.6 is 0 Å². The van der Waals surface area contributed by atoms with Crippen molar-refractivity contribution < 1.29 is 4.74 Å². The van der Waals surface area contributed by atoms with Gasteiger partial charge in [-0.15, -0.1) is 0 Å². The number of nitrogens with zero attached hydrogens (tertiary/aromatic N) is 6. The largest absolute Gasteiger partial charge is 0.380 e. The minimum atomic E-state index is -0.133. The smallest absolute Gasteiger partial charge is 0.194 e. The summed E-state index contributed by atoms with van der Waals surface area (Å²) in [5, 5.41) is 7.74. The summed E-state index contributed by atoms with van der Waals surface area (Å²) >= 11 is 0. The Bertz CT molecular complexity index is 1230. The molecule has 3 heterocycles. The fraction of sp³-hybridized carbons (Fsp3) is 0.417. The Hall–Kier alpha value is -3.39. The number of rotatable bonds is 7. The van der Waals surface area contributed by atoms with Crippen LogP contribution < -0.4 is 10.7 Å². The maximum absolute atomic E-state index is 13.2. The molecule has 1 fully saturated rings. The molecule has 170 valence electrons. The maximum Gasteiger partial charge on any atom is 0.194 e. The molecule has 5 rings (SSSR count). The second-order valence-electron chi connectivity index (χ2n) is 8.63. The first kappa shape index (κ1) is 21.5. The number of fused-ring (bicyclic) bond motifs is 2. The first-order valence-electron chi connectivity index (χ1n) is 11.4. The molecule has 0 unspecified atom stereocenters. The van der Waals surface area contributed by atoms with Gasteiger partial charge in [0, 0.05) is 48.9 Å². The van der Waals surface area contributed by atoms with Crippen molar-refractivity contribution in [2.45, 2.75) is 32.0 Å². The number of anilines is 1. The van der Waals surface area contributed by atoms with Crippen LogP contribution in [0.25, 0.3) is 21.5 Å². The molecule has 9 heteroatoms. The minimum absolute atomic E-state index is 0.0262. The number of aromatic nitrogens is 2. The molecule has 2 aromatic heterocycles. The molecule has 1 aliphatic carbocycles. The molecule has 9 nitrogen and oxygen atoms in total. The van der Waals surface area contributed by atoms with Gasteiger partial charge in [0.15, 0.2) is 5.43 Å². The van der Waals surface area contributed by atoms with Gasteiger partial charge in [0.25, 0.3) is 0 Å². The van der Waals surface area contributed by atoms with Gasteiger partial charge in [0.05, 0.1) is 37.0 Å². The summed E-state index contributed by atoms with van der Waals surface area (Å²) in [4.78, 5) is 23.0. The van der Waals surface area contributed by atoms with E-state index in [2.05, 4.69) is 49.5 Å². The van der Waals surface area contributed by atoms with Crippen LogP contribution in [0.5, 0.6) is 0 Å². The van der Waals surface area contributed by atoms with Crippen molar-refractivity contribution in [2.75, 3.05) is 38.2 Å². The monoisotopic (exact) mass is 445 g/mol. The SMILES string of the molecule is [N-]=[N+]=NCc1cn(CCN2CCOCC2)c2ncc(NC3Cc4ccccc4C3)cc2c1=O. The number of azide groups is 1. The second-order valence-corrected chi connectivity index (χ2v) is 8.63. The van der Waals surface area contributed by atoms with Crippen LogP contribution in [0.15, 0.2) is 52.6 Å². The van der Waals surface area contributed by atoms with Gasteiger partial charge in [0.1, 0.15) is 5.65 Å². The summed E-state index contributed by atoms with van der Waals surface area (Å²) in [7, 11) is 0. The number of nitrogens with one attached hydrogen (secondary N) is 1. The van der Waals surface area contributed by atoms with Gasteiger partial charge in [-0.3, -0.25) is 9.69 Å². The van der Waals surface area contributed by atoms with Crippen LogP contribution in [0, 0.1) is 0 Å². The van der Waals surface area contributed by atoms with Crippen LogP contribution in [0.2, 0.25) is 0 Å². The van der Waals surface area contributed by atoms with E-state index in [9.17, 15) is 4.79 Å². The van der Waals surface area contributed by atoms with Gasteiger partial charge in [-0.2, -0.15) is 0 Å². The van der Waals surface area contributed by atoms with Crippen molar-refractivity contribution in [1.82, 2.24) is 14.5 Å². The van der Waals surface area contributed by atoms with Crippen LogP contribution in [0.4, 0.5) is 5.69 Å². The molecule has 0 radical (unpaired) electrons. The average molecular weight is 446 g/mol. The summed E-state index contributed by atoms with van der Waals surface area (Å²) in [6.45, 7) is 4.83. The summed E-state index contributed by atoms with van der Waals surface area (Å²) in [6, 6.07) is 10.7. The normalized spacial score (nSPS) is 16.5. The lowest BCUT2D eigenvalue weighted by Crippen LogP contribution is -2.38. The highest BCUT2D eigenvalue weighted by atomic mass is 16.5. The molecular formula is C24H27N7O2. The third-order valence-electron chi connectivity index (χ3n) is 6.47. The molecule has 1 aliphatic heterocycles. The summed E-state index contributed by atoms with van der Waals surface area (Å²) in [6.07, 6.45) is 5.50. The van der Waals surface area contributed by atoms with Crippen molar-refractivity contribution >= 4 is 16.7 Å². The van der Waals surface area contributed by atoms with Crippen molar-refractivity contribution in [3.8, 4) is 0 Å². The highest BCUT2D eigenvalue weighted by Gasteiger charge is 2.21. The topological polar surface area (TPSA) is 108 Å². The van der Waals surface area contributed by atoms with Gasteiger partial charge in [-0.1, -0.05) is 29.4 Å². The average Bonchev–Trinajstić information content (AvgIpc) is 3.26. The van der Waals surface area contributed by atoms with Crippen molar-refractivity contribution in [1.29, 1.82) is 0 Å². The van der Waals surface area contributed by atoms with E-state index in [-0.39, 0.29) is 18.0 Å². The number of pyridine rings is 2. The maximum atomic E-state index is 13.2. The number of morpholine rings is 1. The minimum Gasteiger partial charge on any atom is -0.380 e. The second kappa shape index (κ2) is 9.62. The number of benzene rings is 1. The van der Waals surface area contributed by atoms with Crippen molar-refractivity contribution in [3.05, 3.63) is 80.1 Å². The van der Waals surface area contributed by atoms with E-state index in [1.165, 1.54) is 11.1 Å². The van der Waals surface area contributed by atoms with Gasteiger partial charge >= 0.3 is 0 Å². The van der Waals surface area contributed by atoms with Crippen molar-refractivity contribution in [2.24, 2.45) is 5.11 Å². The lowest BCUT2D eigenvalue weighted by Gasteiger charge is -2.27. The van der Waals surface area contributed by atoms with E-state index < -0.39 is 0 Å². The molecule has 1 saturated heterocycles. The zero-order valence-corrected chi connectivity index (χ0v) is 18.5. The number of ether oxygens (including phenoxy) is 1. The Morgan fingerprint density at radius 2 is 1.94 bits per heavy atom. The molecular weight excluding hydrogens is 418 g/mol. The predicted molar refractivity (Wildman–Crippen MR) is 127 cm³/mol. The Kier molecular flexibility index (Phi) is 6.26. The molecule has 33 heavy (non-hydrogen) atoms. The predicted octanol–water partition coefficient (Wildman–Crippen LogP) is 3.12. The fourth-order valence-corrected chi connectivity index (χ4v) is 4.77. The Morgan fingerprint density at radius 1 is 1.18 bits per heavy atom. The van der Waals surface area contributed by atoms with Crippen LogP contribution in [0.1, 0.15) is 16.7 Å². The van der Waals surface area contributed by atoms with Crippen molar-refractivity contribution in [3.63, 3.8) is 0 Å². The third kappa shape index (κ3) is 4.71. The molecule has 2 aliphatic rings. The summed E-state index contributed by atoms with van der Waals surface area (Å²) < 4.78 is 7.44. The third-order valence-corrected chi connectivity index (χ3v) is 6.47. The molecule has 0 bridgehead atoms. The number of hydrogen-bond donors (Lipinski definition) is 1. The van der Waals surface area contributed by atoms with Crippen LogP contribution in [-0.2, 0) is 30.7 Å². The van der Waals surface area contributed by atoms with Gasteiger partial charge in [-0.05, 0) is 35.6 Å². The number of hydrogen-bond acceptors (Lipinski definition) is 6. The Labute approximate surface area is 191 Å². The fourth-order valence-electron chi connectivity index (χ4n) is 4.77. The van der Waals surface area contributed by atoms with Gasteiger partial charge in [0.2, 0.25) is 0 Å². The van der Waals surface area contributed by atoms with E-state index in [4.69, 9.17) is 10.3 Å². The molecule has 1 aromatic carbocycles. The first-order chi connectivity index (χ1) is 16.2. The first-order valence-corrected chi connectivity index (χ1v) is 11.4. The van der Waals surface area contributed by atoms with Crippen LogP contribution in [0.3, 0.4) is 0 Å². The van der Waals surface area contributed by atoms with Crippen LogP contribution in [-0.4, -0.2) is 53.3 Å². The quantitative estimate of drug-likeness (QED) is 0.341. The molecule has 0 amide bonds. The highest BCUT2D eigenvalue weighted by Crippen LogP contribution is 2.25. The Balaban J connectivity index is 1.42. The Morgan fingerprint density at radius 3 is 2.67 bits per heavy atom. The summed E-state index contributed by atoms with van der Waals surface area (Å²) in [5.41, 5.74) is 13.3. The molecule has 0 spiro atoms. The molecule has 3 aromatic rings. The van der Waals surface area contributed by atoms with E-state index >= 15 is 0 Å². The van der Waals surface area contributed by atoms with E-state index in [1.807, 2.05) is 16.8 Å². The van der Waals surface area contributed by atoms with Gasteiger partial charge in [-0.25, -0.2) is 4.98 Å². The van der Waals surface area contributed by atoms with Gasteiger partial charge < -0.3 is 14.6 Å². The zero-order valence-electron chi connectivity index (χ0n) is 18.5. The standard InChI is InChI=1S/C24H27N7O2/c25-29-27-14-19-16-31(6-5-30-7-9-33-10-8-30)24-22(23(19)32)13-21(15-26-24)28-20-11-17-3-1-2-4-18(17)12-20/h1-4,13,15-16,20,28H,5-12,14H2.